The fraction of sp³-hybridized carbons (Fsp3) is 1.00. The first-order valence-corrected chi connectivity index (χ1v) is 5.55. The number of morpholine rings is 1. The third-order valence-electron chi connectivity index (χ3n) is 3.08. The Hall–Kier alpha value is -0.160. The van der Waals surface area contributed by atoms with Crippen LogP contribution in [0.1, 0.15) is 6.42 Å². The van der Waals surface area contributed by atoms with E-state index in [9.17, 15) is 5.11 Å². The first-order valence-electron chi connectivity index (χ1n) is 5.55. The van der Waals surface area contributed by atoms with Crippen LogP contribution < -0.4 is 0 Å². The van der Waals surface area contributed by atoms with E-state index >= 15 is 0 Å². The second kappa shape index (κ2) is 5.07. The number of β-amino-alcohol motifs (C(OH)–C–C–N with tert-alkyl or cyclic N) is 1. The van der Waals surface area contributed by atoms with Crippen molar-refractivity contribution in [2.75, 3.05) is 52.5 Å². The van der Waals surface area contributed by atoms with Crippen LogP contribution >= 0.6 is 0 Å². The second-order valence-corrected chi connectivity index (χ2v) is 4.20. The molecule has 1 atom stereocenters. The van der Waals surface area contributed by atoms with Crippen molar-refractivity contribution in [1.82, 2.24) is 9.80 Å². The Bertz CT molecular complexity index is 167. The van der Waals surface area contributed by atoms with Gasteiger partial charge in [0.05, 0.1) is 19.3 Å². The molecule has 0 saturated carbocycles. The van der Waals surface area contributed by atoms with Gasteiger partial charge in [0.15, 0.2) is 0 Å². The van der Waals surface area contributed by atoms with Crippen LogP contribution in [0.4, 0.5) is 0 Å². The van der Waals surface area contributed by atoms with Crippen LogP contribution in [-0.4, -0.2) is 73.5 Å². The number of ether oxygens (including phenoxy) is 1. The van der Waals surface area contributed by atoms with Gasteiger partial charge in [0.25, 0.3) is 0 Å². The minimum Gasteiger partial charge on any atom is -0.392 e. The predicted molar refractivity (Wildman–Crippen MR) is 54.3 cm³/mol. The van der Waals surface area contributed by atoms with Gasteiger partial charge in [0, 0.05) is 39.3 Å². The Morgan fingerprint density at radius 2 is 1.79 bits per heavy atom. The molecule has 1 unspecified atom stereocenters. The summed E-state index contributed by atoms with van der Waals surface area (Å²) in [6.07, 6.45) is 0.864. The molecule has 0 aromatic heterocycles. The third-order valence-corrected chi connectivity index (χ3v) is 3.08. The van der Waals surface area contributed by atoms with Crippen molar-refractivity contribution in [1.29, 1.82) is 0 Å². The highest BCUT2D eigenvalue weighted by molar-refractivity contribution is 4.75. The summed E-state index contributed by atoms with van der Waals surface area (Å²) in [5.41, 5.74) is 0. The number of hydrogen-bond donors (Lipinski definition) is 1. The number of nitrogens with zero attached hydrogens (tertiary/aromatic N) is 2. The lowest BCUT2D eigenvalue weighted by Gasteiger charge is -2.28. The number of aliphatic hydroxyl groups is 1. The van der Waals surface area contributed by atoms with Crippen molar-refractivity contribution in [3.63, 3.8) is 0 Å². The van der Waals surface area contributed by atoms with Gasteiger partial charge in [-0.1, -0.05) is 0 Å². The number of hydrogen-bond acceptors (Lipinski definition) is 4. The molecular weight excluding hydrogens is 180 g/mol. The Kier molecular flexibility index (Phi) is 3.75. The van der Waals surface area contributed by atoms with Crippen molar-refractivity contribution in [2.24, 2.45) is 0 Å². The largest absolute Gasteiger partial charge is 0.392 e. The lowest BCUT2D eigenvalue weighted by Crippen LogP contribution is -2.41. The van der Waals surface area contributed by atoms with E-state index in [1.54, 1.807) is 0 Å². The zero-order valence-corrected chi connectivity index (χ0v) is 8.69. The van der Waals surface area contributed by atoms with Crippen LogP contribution in [0.25, 0.3) is 0 Å². The first-order chi connectivity index (χ1) is 6.84. The van der Waals surface area contributed by atoms with E-state index in [2.05, 4.69) is 9.80 Å². The van der Waals surface area contributed by atoms with Gasteiger partial charge < -0.3 is 9.84 Å². The average Bonchev–Trinajstić information content (AvgIpc) is 2.63. The van der Waals surface area contributed by atoms with Gasteiger partial charge in [-0.05, 0) is 6.42 Å². The van der Waals surface area contributed by atoms with Crippen molar-refractivity contribution in [3.05, 3.63) is 0 Å². The summed E-state index contributed by atoms with van der Waals surface area (Å²) in [5, 5.41) is 9.36. The van der Waals surface area contributed by atoms with Crippen molar-refractivity contribution in [3.8, 4) is 0 Å². The summed E-state index contributed by atoms with van der Waals surface area (Å²) in [5.74, 6) is 0. The molecule has 0 aromatic rings. The second-order valence-electron chi connectivity index (χ2n) is 4.20. The van der Waals surface area contributed by atoms with E-state index in [0.717, 1.165) is 58.9 Å². The van der Waals surface area contributed by atoms with Crippen molar-refractivity contribution in [2.45, 2.75) is 12.5 Å². The summed E-state index contributed by atoms with van der Waals surface area (Å²) < 4.78 is 5.29. The van der Waals surface area contributed by atoms with Crippen LogP contribution in [0, 0.1) is 0 Å². The maximum atomic E-state index is 9.36. The molecule has 0 aliphatic carbocycles. The van der Waals surface area contributed by atoms with Crippen LogP contribution in [0.15, 0.2) is 0 Å². The van der Waals surface area contributed by atoms with Crippen LogP contribution in [0.2, 0.25) is 0 Å². The third kappa shape index (κ3) is 2.92. The fourth-order valence-corrected chi connectivity index (χ4v) is 2.12. The predicted octanol–water partition coefficient (Wildman–Crippen LogP) is -0.615. The summed E-state index contributed by atoms with van der Waals surface area (Å²) >= 11 is 0. The van der Waals surface area contributed by atoms with Crippen LogP contribution in [0.3, 0.4) is 0 Å². The molecule has 82 valence electrons. The molecule has 2 saturated heterocycles. The monoisotopic (exact) mass is 200 g/mol. The van der Waals surface area contributed by atoms with E-state index in [4.69, 9.17) is 4.74 Å². The van der Waals surface area contributed by atoms with Gasteiger partial charge >= 0.3 is 0 Å². The maximum Gasteiger partial charge on any atom is 0.0679 e. The standard InChI is InChI=1S/C10H20N2O2/c13-10-1-2-12(9-10)4-3-11-5-7-14-8-6-11/h10,13H,1-9H2. The van der Waals surface area contributed by atoms with E-state index in [1.807, 2.05) is 0 Å². The maximum absolute atomic E-state index is 9.36. The highest BCUT2D eigenvalue weighted by Gasteiger charge is 2.20. The summed E-state index contributed by atoms with van der Waals surface area (Å²) in [6.45, 7) is 8.03. The topological polar surface area (TPSA) is 35.9 Å². The Morgan fingerprint density at radius 1 is 1.07 bits per heavy atom. The van der Waals surface area contributed by atoms with Gasteiger partial charge in [-0.2, -0.15) is 0 Å². The quantitative estimate of drug-likeness (QED) is 0.659. The molecule has 0 aromatic carbocycles. The lowest BCUT2D eigenvalue weighted by atomic mass is 10.3. The number of rotatable bonds is 3. The molecule has 4 nitrogen and oxygen atoms in total. The number of likely N-dealkylation sites (tertiary alicyclic amines) is 1. The Balaban J connectivity index is 1.61. The zero-order chi connectivity index (χ0) is 9.80. The normalized spacial score (nSPS) is 31.1. The molecule has 2 rings (SSSR count). The minimum atomic E-state index is -0.0836. The van der Waals surface area contributed by atoms with Crippen molar-refractivity contribution < 1.29 is 9.84 Å². The van der Waals surface area contributed by atoms with E-state index in [1.165, 1.54) is 0 Å². The molecule has 0 spiro atoms. The van der Waals surface area contributed by atoms with E-state index in [0.29, 0.717) is 0 Å². The van der Waals surface area contributed by atoms with Gasteiger partial charge in [0.2, 0.25) is 0 Å². The smallest absolute Gasteiger partial charge is 0.0679 e. The summed E-state index contributed by atoms with van der Waals surface area (Å²) in [6, 6.07) is 0. The molecule has 0 radical (unpaired) electrons. The fourth-order valence-electron chi connectivity index (χ4n) is 2.12. The lowest BCUT2D eigenvalue weighted by molar-refractivity contribution is 0.0338. The van der Waals surface area contributed by atoms with Crippen LogP contribution in [-0.2, 0) is 4.74 Å². The Morgan fingerprint density at radius 3 is 2.43 bits per heavy atom. The molecular formula is C10H20N2O2. The van der Waals surface area contributed by atoms with E-state index in [-0.39, 0.29) is 6.10 Å². The summed E-state index contributed by atoms with van der Waals surface area (Å²) in [4.78, 5) is 4.79. The highest BCUT2D eigenvalue weighted by atomic mass is 16.5. The molecule has 0 amide bonds. The first kappa shape index (κ1) is 10.4. The molecule has 1 N–H and O–H groups in total. The minimum absolute atomic E-state index is 0.0836. The van der Waals surface area contributed by atoms with Gasteiger partial charge in [-0.15, -0.1) is 0 Å². The number of aliphatic hydroxyl groups excluding tert-OH is 1. The molecule has 14 heavy (non-hydrogen) atoms. The molecule has 4 heteroatoms. The SMILES string of the molecule is OC1CCN(CCN2CCOCC2)C1. The van der Waals surface area contributed by atoms with Gasteiger partial charge in [-0.25, -0.2) is 0 Å². The highest BCUT2D eigenvalue weighted by Crippen LogP contribution is 2.08. The average molecular weight is 200 g/mol. The molecule has 2 aliphatic heterocycles. The zero-order valence-electron chi connectivity index (χ0n) is 8.69. The molecule has 0 bridgehead atoms. The van der Waals surface area contributed by atoms with Crippen LogP contribution in [0.5, 0.6) is 0 Å². The summed E-state index contributed by atoms with van der Waals surface area (Å²) in [7, 11) is 0. The van der Waals surface area contributed by atoms with Gasteiger partial charge in [-0.3, -0.25) is 9.80 Å². The van der Waals surface area contributed by atoms with E-state index < -0.39 is 0 Å². The Labute approximate surface area is 85.4 Å². The van der Waals surface area contributed by atoms with Gasteiger partial charge in [0.1, 0.15) is 0 Å². The molecule has 2 fully saturated rings. The van der Waals surface area contributed by atoms with Crippen molar-refractivity contribution >= 4 is 0 Å². The molecule has 2 aliphatic rings. The molecule has 2 heterocycles.